The summed E-state index contributed by atoms with van der Waals surface area (Å²) in [7, 11) is 0. The van der Waals surface area contributed by atoms with Crippen molar-refractivity contribution in [1.82, 2.24) is 4.57 Å². The number of carbonyl (C=O) groups is 2. The molecule has 0 N–H and O–H groups in total. The van der Waals surface area contributed by atoms with Crippen LogP contribution in [0.3, 0.4) is 0 Å². The highest BCUT2D eigenvalue weighted by atomic mass is 16.6. The maximum absolute atomic E-state index is 11.2. The van der Waals surface area contributed by atoms with E-state index in [1.165, 1.54) is 13.8 Å². The standard InChI is InChI=1S/C15H17NO4/c1-9(2)16-6-5-12-7-14(19-10(3)17)15(8-13(12)16)20-11(4)18/h5-9H,1-4H3. The molecule has 20 heavy (non-hydrogen) atoms. The monoisotopic (exact) mass is 275 g/mol. The van der Waals surface area contributed by atoms with Crippen molar-refractivity contribution < 1.29 is 19.1 Å². The maximum Gasteiger partial charge on any atom is 0.308 e. The minimum atomic E-state index is -0.458. The number of benzene rings is 1. The summed E-state index contributed by atoms with van der Waals surface area (Å²) >= 11 is 0. The van der Waals surface area contributed by atoms with E-state index in [1.807, 2.05) is 12.3 Å². The predicted octanol–water partition coefficient (Wildman–Crippen LogP) is 3.07. The first kappa shape index (κ1) is 14.1. The summed E-state index contributed by atoms with van der Waals surface area (Å²) in [6.45, 7) is 6.74. The Bertz CT molecular complexity index is 670. The molecule has 106 valence electrons. The fraction of sp³-hybridized carbons (Fsp3) is 0.333. The number of ether oxygens (including phenoxy) is 2. The van der Waals surface area contributed by atoms with Crippen LogP contribution in [0.5, 0.6) is 11.5 Å². The number of aromatic nitrogens is 1. The molecule has 0 unspecified atom stereocenters. The van der Waals surface area contributed by atoms with Gasteiger partial charge in [-0.15, -0.1) is 0 Å². The second-order valence-electron chi connectivity index (χ2n) is 4.86. The van der Waals surface area contributed by atoms with Gasteiger partial charge in [-0.25, -0.2) is 0 Å². The van der Waals surface area contributed by atoms with Gasteiger partial charge in [0.05, 0.1) is 5.52 Å². The van der Waals surface area contributed by atoms with E-state index in [0.29, 0.717) is 0 Å². The van der Waals surface area contributed by atoms with Gasteiger partial charge in [-0.1, -0.05) is 0 Å². The normalized spacial score (nSPS) is 10.8. The van der Waals surface area contributed by atoms with Crippen LogP contribution in [0.2, 0.25) is 0 Å². The SMILES string of the molecule is CC(=O)Oc1cc2ccn(C(C)C)c2cc1OC(C)=O. The molecule has 0 aliphatic heterocycles. The third-order valence-corrected chi connectivity index (χ3v) is 2.85. The van der Waals surface area contributed by atoms with Crippen LogP contribution < -0.4 is 9.47 Å². The molecule has 2 aromatic rings. The van der Waals surface area contributed by atoms with Gasteiger partial charge in [0.2, 0.25) is 0 Å². The summed E-state index contributed by atoms with van der Waals surface area (Å²) in [6, 6.07) is 5.63. The molecule has 1 aromatic heterocycles. The average molecular weight is 275 g/mol. The lowest BCUT2D eigenvalue weighted by molar-refractivity contribution is -0.134. The maximum atomic E-state index is 11.2. The van der Waals surface area contributed by atoms with Gasteiger partial charge in [-0.05, 0) is 26.0 Å². The molecule has 0 radical (unpaired) electrons. The molecule has 1 aromatic carbocycles. The van der Waals surface area contributed by atoms with Crippen LogP contribution in [0, 0.1) is 0 Å². The summed E-state index contributed by atoms with van der Waals surface area (Å²) < 4.78 is 12.3. The summed E-state index contributed by atoms with van der Waals surface area (Å²) in [4.78, 5) is 22.3. The Labute approximate surface area is 117 Å². The van der Waals surface area contributed by atoms with E-state index in [1.54, 1.807) is 12.1 Å². The molecule has 0 fully saturated rings. The average Bonchev–Trinajstić information content (AvgIpc) is 2.70. The third kappa shape index (κ3) is 2.82. The molecule has 5 nitrogen and oxygen atoms in total. The van der Waals surface area contributed by atoms with E-state index in [-0.39, 0.29) is 17.5 Å². The lowest BCUT2D eigenvalue weighted by Crippen LogP contribution is -2.07. The van der Waals surface area contributed by atoms with Gasteiger partial charge in [-0.3, -0.25) is 9.59 Å². The van der Waals surface area contributed by atoms with Gasteiger partial charge < -0.3 is 14.0 Å². The number of carbonyl (C=O) groups excluding carboxylic acids is 2. The van der Waals surface area contributed by atoms with Crippen molar-refractivity contribution in [2.24, 2.45) is 0 Å². The van der Waals surface area contributed by atoms with Crippen molar-refractivity contribution in [3.63, 3.8) is 0 Å². The molecule has 0 atom stereocenters. The number of hydrogen-bond donors (Lipinski definition) is 0. The Morgan fingerprint density at radius 3 is 2.10 bits per heavy atom. The molecule has 0 saturated carbocycles. The fourth-order valence-electron chi connectivity index (χ4n) is 2.08. The lowest BCUT2D eigenvalue weighted by atomic mass is 10.2. The summed E-state index contributed by atoms with van der Waals surface area (Å²) in [5.74, 6) is -0.413. The van der Waals surface area contributed by atoms with Crippen LogP contribution in [0.25, 0.3) is 10.9 Å². The minimum Gasteiger partial charge on any atom is -0.423 e. The van der Waals surface area contributed by atoms with Crippen molar-refractivity contribution in [2.75, 3.05) is 0 Å². The van der Waals surface area contributed by atoms with Crippen molar-refractivity contribution in [3.05, 3.63) is 24.4 Å². The first-order valence-electron chi connectivity index (χ1n) is 6.40. The van der Waals surface area contributed by atoms with Crippen LogP contribution >= 0.6 is 0 Å². The van der Waals surface area contributed by atoms with Crippen molar-refractivity contribution in [1.29, 1.82) is 0 Å². The summed E-state index contributed by atoms with van der Waals surface area (Å²) in [5, 5.41) is 0.922. The minimum absolute atomic E-state index is 0.251. The van der Waals surface area contributed by atoms with Gasteiger partial charge in [-0.2, -0.15) is 0 Å². The molecule has 2 rings (SSSR count). The first-order valence-corrected chi connectivity index (χ1v) is 6.40. The molecule has 0 amide bonds. The molecule has 5 heteroatoms. The summed E-state index contributed by atoms with van der Waals surface area (Å²) in [5.41, 5.74) is 0.923. The van der Waals surface area contributed by atoms with Gasteiger partial charge in [0, 0.05) is 37.5 Å². The second kappa shape index (κ2) is 5.36. The highest BCUT2D eigenvalue weighted by Gasteiger charge is 2.14. The highest BCUT2D eigenvalue weighted by Crippen LogP contribution is 2.34. The Morgan fingerprint density at radius 1 is 1.05 bits per heavy atom. The van der Waals surface area contributed by atoms with Crippen molar-refractivity contribution in [2.45, 2.75) is 33.7 Å². The molecule has 0 aliphatic carbocycles. The highest BCUT2D eigenvalue weighted by molar-refractivity contribution is 5.86. The van der Waals surface area contributed by atoms with Gasteiger partial charge in [0.15, 0.2) is 11.5 Å². The van der Waals surface area contributed by atoms with E-state index in [2.05, 4.69) is 18.4 Å². The van der Waals surface area contributed by atoms with Crippen molar-refractivity contribution >= 4 is 22.8 Å². The second-order valence-corrected chi connectivity index (χ2v) is 4.86. The molecule has 0 saturated heterocycles. The fourth-order valence-corrected chi connectivity index (χ4v) is 2.08. The van der Waals surface area contributed by atoms with Crippen molar-refractivity contribution in [3.8, 4) is 11.5 Å². The zero-order valence-electron chi connectivity index (χ0n) is 12.0. The van der Waals surface area contributed by atoms with Crippen LogP contribution in [-0.2, 0) is 9.59 Å². The number of nitrogens with zero attached hydrogens (tertiary/aromatic N) is 1. The third-order valence-electron chi connectivity index (χ3n) is 2.85. The molecule has 1 heterocycles. The van der Waals surface area contributed by atoms with E-state index >= 15 is 0 Å². The molecular weight excluding hydrogens is 258 g/mol. The molecular formula is C15H17NO4. The van der Waals surface area contributed by atoms with Crippen LogP contribution in [0.15, 0.2) is 24.4 Å². The number of hydrogen-bond acceptors (Lipinski definition) is 4. The Hall–Kier alpha value is -2.30. The number of rotatable bonds is 3. The number of esters is 2. The quantitative estimate of drug-likeness (QED) is 0.638. The topological polar surface area (TPSA) is 57.5 Å². The van der Waals surface area contributed by atoms with Gasteiger partial charge in [0.25, 0.3) is 0 Å². The zero-order valence-corrected chi connectivity index (χ0v) is 12.0. The molecule has 0 spiro atoms. The molecule has 0 aliphatic rings. The Kier molecular flexibility index (Phi) is 3.79. The van der Waals surface area contributed by atoms with Crippen LogP contribution in [-0.4, -0.2) is 16.5 Å². The number of fused-ring (bicyclic) bond motifs is 1. The van der Waals surface area contributed by atoms with E-state index < -0.39 is 11.9 Å². The van der Waals surface area contributed by atoms with Gasteiger partial charge >= 0.3 is 11.9 Å². The molecule has 0 bridgehead atoms. The van der Waals surface area contributed by atoms with Crippen LogP contribution in [0.1, 0.15) is 33.7 Å². The van der Waals surface area contributed by atoms with E-state index in [4.69, 9.17) is 9.47 Å². The summed E-state index contributed by atoms with van der Waals surface area (Å²) in [6.07, 6.45) is 1.95. The predicted molar refractivity (Wildman–Crippen MR) is 74.9 cm³/mol. The van der Waals surface area contributed by atoms with E-state index in [0.717, 1.165) is 10.9 Å². The lowest BCUT2D eigenvalue weighted by Gasteiger charge is -2.12. The smallest absolute Gasteiger partial charge is 0.308 e. The first-order chi connectivity index (χ1) is 9.38. The van der Waals surface area contributed by atoms with Gasteiger partial charge in [0.1, 0.15) is 0 Å². The van der Waals surface area contributed by atoms with Crippen LogP contribution in [0.4, 0.5) is 0 Å². The zero-order chi connectivity index (χ0) is 14.9. The largest absolute Gasteiger partial charge is 0.423 e. The Morgan fingerprint density at radius 2 is 1.60 bits per heavy atom. The Balaban J connectivity index is 2.59. The van der Waals surface area contributed by atoms with E-state index in [9.17, 15) is 9.59 Å².